The fraction of sp³-hybridized carbons (Fsp3) is 1.00. The van der Waals surface area contributed by atoms with E-state index in [0.717, 1.165) is 11.8 Å². The predicted octanol–water partition coefficient (Wildman–Crippen LogP) is 7.72. The van der Waals surface area contributed by atoms with Crippen LogP contribution in [0.3, 0.4) is 0 Å². The Morgan fingerprint density at radius 3 is 1.52 bits per heavy atom. The Labute approximate surface area is 136 Å². The zero-order valence-corrected chi connectivity index (χ0v) is 16.9. The smallest absolute Gasteiger partial charge is 0.0249 e. The van der Waals surface area contributed by atoms with Crippen LogP contribution in [0.15, 0.2) is 0 Å². The molecule has 0 aromatic carbocycles. The molecule has 0 fully saturated rings. The normalized spacial score (nSPS) is 15.6. The van der Waals surface area contributed by atoms with Crippen LogP contribution in [-0.4, -0.2) is 0 Å². The van der Waals surface area contributed by atoms with Gasteiger partial charge in [0.15, 0.2) is 0 Å². The highest BCUT2D eigenvalue weighted by molar-refractivity contribution is 4.92. The lowest BCUT2D eigenvalue weighted by molar-refractivity contribution is 0.0135. The van der Waals surface area contributed by atoms with Crippen LogP contribution < -0.4 is 0 Å². The van der Waals surface area contributed by atoms with Gasteiger partial charge in [0.25, 0.3) is 0 Å². The molecular weight excluding hydrogens is 252 g/mol. The van der Waals surface area contributed by atoms with Gasteiger partial charge in [-0.3, -0.25) is 0 Å². The Kier molecular flexibility index (Phi) is 8.02. The second-order valence-electron chi connectivity index (χ2n) is 9.53. The lowest BCUT2D eigenvalue weighted by Gasteiger charge is -2.49. The third-order valence-electron chi connectivity index (χ3n) is 6.53. The summed E-state index contributed by atoms with van der Waals surface area (Å²) in [5.41, 5.74) is 1.43. The van der Waals surface area contributed by atoms with Crippen molar-refractivity contribution in [2.24, 2.45) is 28.1 Å². The van der Waals surface area contributed by atoms with Crippen LogP contribution in [0.1, 0.15) is 108 Å². The summed E-state index contributed by atoms with van der Waals surface area (Å²) < 4.78 is 0. The Morgan fingerprint density at radius 2 is 1.24 bits per heavy atom. The molecule has 0 N–H and O–H groups in total. The summed E-state index contributed by atoms with van der Waals surface area (Å²) in [7, 11) is 0. The van der Waals surface area contributed by atoms with E-state index in [4.69, 9.17) is 0 Å². The van der Waals surface area contributed by atoms with Crippen LogP contribution in [0.5, 0.6) is 0 Å². The standard InChI is InChI=1S/C21H44/c1-11-20(9,10)21(12-2,13-3)16-18(17(4)5)14-15-19(6,7)8/h17-18H,11-16H2,1-10H3. The Hall–Kier alpha value is 0. The first-order chi connectivity index (χ1) is 9.44. The highest BCUT2D eigenvalue weighted by Crippen LogP contribution is 2.52. The minimum atomic E-state index is 0.450. The first-order valence-electron chi connectivity index (χ1n) is 9.44. The maximum Gasteiger partial charge on any atom is -0.0249 e. The van der Waals surface area contributed by atoms with Gasteiger partial charge in [-0.25, -0.2) is 0 Å². The fourth-order valence-electron chi connectivity index (χ4n) is 3.94. The summed E-state index contributed by atoms with van der Waals surface area (Å²) in [6.45, 7) is 24.2. The van der Waals surface area contributed by atoms with E-state index in [1.54, 1.807) is 0 Å². The van der Waals surface area contributed by atoms with Crippen molar-refractivity contribution in [2.45, 2.75) is 108 Å². The van der Waals surface area contributed by atoms with E-state index in [0.29, 0.717) is 16.2 Å². The second kappa shape index (κ2) is 8.02. The van der Waals surface area contributed by atoms with Crippen molar-refractivity contribution < 1.29 is 0 Å². The first-order valence-corrected chi connectivity index (χ1v) is 9.44. The molecule has 0 amide bonds. The molecule has 0 aliphatic rings. The zero-order chi connectivity index (χ0) is 16.9. The van der Waals surface area contributed by atoms with Gasteiger partial charge >= 0.3 is 0 Å². The molecule has 0 bridgehead atoms. The van der Waals surface area contributed by atoms with Crippen LogP contribution in [0.25, 0.3) is 0 Å². The average molecular weight is 297 g/mol. The van der Waals surface area contributed by atoms with E-state index < -0.39 is 0 Å². The van der Waals surface area contributed by atoms with Gasteiger partial charge in [-0.2, -0.15) is 0 Å². The van der Waals surface area contributed by atoms with E-state index in [1.807, 2.05) is 0 Å². The Morgan fingerprint density at radius 1 is 0.762 bits per heavy atom. The molecule has 0 saturated heterocycles. The van der Waals surface area contributed by atoms with Gasteiger partial charge in [0, 0.05) is 0 Å². The minimum absolute atomic E-state index is 0.450. The molecule has 0 radical (unpaired) electrons. The van der Waals surface area contributed by atoms with Crippen LogP contribution in [-0.2, 0) is 0 Å². The quantitative estimate of drug-likeness (QED) is 0.408. The monoisotopic (exact) mass is 296 g/mol. The van der Waals surface area contributed by atoms with E-state index in [2.05, 4.69) is 69.2 Å². The molecule has 0 nitrogen and oxygen atoms in total. The summed E-state index contributed by atoms with van der Waals surface area (Å²) in [6, 6.07) is 0. The summed E-state index contributed by atoms with van der Waals surface area (Å²) in [6.07, 6.45) is 8.09. The summed E-state index contributed by atoms with van der Waals surface area (Å²) in [5, 5.41) is 0. The van der Waals surface area contributed by atoms with Gasteiger partial charge in [0.1, 0.15) is 0 Å². The molecule has 1 atom stereocenters. The van der Waals surface area contributed by atoms with Crippen molar-refractivity contribution in [1.82, 2.24) is 0 Å². The van der Waals surface area contributed by atoms with Crippen molar-refractivity contribution in [1.29, 1.82) is 0 Å². The maximum atomic E-state index is 2.50. The largest absolute Gasteiger partial charge is 0.0649 e. The van der Waals surface area contributed by atoms with Crippen molar-refractivity contribution in [3.05, 3.63) is 0 Å². The van der Waals surface area contributed by atoms with Crippen molar-refractivity contribution in [3.8, 4) is 0 Å². The zero-order valence-electron chi connectivity index (χ0n) is 16.9. The molecule has 1 unspecified atom stereocenters. The second-order valence-corrected chi connectivity index (χ2v) is 9.53. The third-order valence-corrected chi connectivity index (χ3v) is 6.53. The molecule has 0 aromatic rings. The van der Waals surface area contributed by atoms with E-state index in [-0.39, 0.29) is 0 Å². The van der Waals surface area contributed by atoms with Gasteiger partial charge in [-0.05, 0) is 60.2 Å². The van der Waals surface area contributed by atoms with Gasteiger partial charge in [0.2, 0.25) is 0 Å². The highest BCUT2D eigenvalue weighted by Gasteiger charge is 2.42. The number of hydrogen-bond acceptors (Lipinski definition) is 0. The van der Waals surface area contributed by atoms with Gasteiger partial charge in [-0.15, -0.1) is 0 Å². The van der Waals surface area contributed by atoms with E-state index in [9.17, 15) is 0 Å². The molecule has 0 aliphatic carbocycles. The predicted molar refractivity (Wildman–Crippen MR) is 98.7 cm³/mol. The molecule has 21 heavy (non-hydrogen) atoms. The maximum absolute atomic E-state index is 2.50. The molecule has 0 aliphatic heterocycles. The molecule has 0 spiro atoms. The summed E-state index contributed by atoms with van der Waals surface area (Å²) >= 11 is 0. The molecule has 0 heterocycles. The summed E-state index contributed by atoms with van der Waals surface area (Å²) in [4.78, 5) is 0. The third kappa shape index (κ3) is 5.95. The summed E-state index contributed by atoms with van der Waals surface area (Å²) in [5.74, 6) is 1.67. The van der Waals surface area contributed by atoms with Crippen molar-refractivity contribution >= 4 is 0 Å². The van der Waals surface area contributed by atoms with Crippen LogP contribution in [0.2, 0.25) is 0 Å². The van der Waals surface area contributed by atoms with E-state index >= 15 is 0 Å². The molecule has 0 aromatic heterocycles. The topological polar surface area (TPSA) is 0 Å². The van der Waals surface area contributed by atoms with Gasteiger partial charge < -0.3 is 0 Å². The Bertz CT molecular complexity index is 273. The molecule has 0 rings (SSSR count). The van der Waals surface area contributed by atoms with E-state index in [1.165, 1.54) is 38.5 Å². The lowest BCUT2D eigenvalue weighted by Crippen LogP contribution is -2.39. The SMILES string of the molecule is CCC(C)(C)C(CC)(CC)CC(CCC(C)(C)C)C(C)C. The molecule has 0 saturated carbocycles. The van der Waals surface area contributed by atoms with Gasteiger partial charge in [-0.1, -0.05) is 75.7 Å². The first kappa shape index (κ1) is 21.0. The number of hydrogen-bond donors (Lipinski definition) is 0. The average Bonchev–Trinajstić information content (AvgIpc) is 2.37. The fourth-order valence-corrected chi connectivity index (χ4v) is 3.94. The molecular formula is C21H44. The van der Waals surface area contributed by atoms with Crippen molar-refractivity contribution in [2.75, 3.05) is 0 Å². The van der Waals surface area contributed by atoms with Crippen LogP contribution in [0, 0.1) is 28.1 Å². The number of rotatable bonds is 9. The lowest BCUT2D eigenvalue weighted by atomic mass is 9.56. The Balaban J connectivity index is 5.17. The van der Waals surface area contributed by atoms with Gasteiger partial charge in [0.05, 0.1) is 0 Å². The van der Waals surface area contributed by atoms with Crippen molar-refractivity contribution in [3.63, 3.8) is 0 Å². The van der Waals surface area contributed by atoms with Crippen LogP contribution in [0.4, 0.5) is 0 Å². The molecule has 0 heteroatoms. The highest BCUT2D eigenvalue weighted by atomic mass is 14.5. The van der Waals surface area contributed by atoms with Crippen LogP contribution >= 0.6 is 0 Å². The molecule has 128 valence electrons. The minimum Gasteiger partial charge on any atom is -0.0649 e.